The lowest BCUT2D eigenvalue weighted by Gasteiger charge is -2.30. The van der Waals surface area contributed by atoms with Crippen molar-refractivity contribution in [2.75, 3.05) is 0 Å². The van der Waals surface area contributed by atoms with Crippen LogP contribution in [0.15, 0.2) is 231 Å². The molecule has 0 N–H and O–H groups in total. The Bertz CT molecular complexity index is 4020. The van der Waals surface area contributed by atoms with Crippen LogP contribution in [0.2, 0.25) is 0 Å². The summed E-state index contributed by atoms with van der Waals surface area (Å²) in [4.78, 5) is 0. The van der Waals surface area contributed by atoms with Crippen molar-refractivity contribution in [1.82, 2.24) is 9.13 Å². The maximum atomic E-state index is 2.55. The van der Waals surface area contributed by atoms with Crippen LogP contribution < -0.4 is 0 Å². The quantitative estimate of drug-likeness (QED) is 0.152. The third-order valence-electron chi connectivity index (χ3n) is 16.0. The average molecular weight is 879 g/mol. The van der Waals surface area contributed by atoms with E-state index in [0.717, 1.165) is 0 Å². The molecule has 2 aromatic heterocycles. The van der Waals surface area contributed by atoms with Crippen molar-refractivity contribution in [2.24, 2.45) is 0 Å². The van der Waals surface area contributed by atoms with Gasteiger partial charge in [0.25, 0.3) is 0 Å². The van der Waals surface area contributed by atoms with E-state index in [2.05, 4.69) is 240 Å². The van der Waals surface area contributed by atoms with E-state index in [1.165, 1.54) is 158 Å². The zero-order valence-corrected chi connectivity index (χ0v) is 38.2. The first-order valence-corrected chi connectivity index (χ1v) is 24.6. The summed E-state index contributed by atoms with van der Waals surface area (Å²) in [7, 11) is 0. The topological polar surface area (TPSA) is 9.86 Å². The molecule has 0 atom stereocenters. The molecule has 2 heteroatoms. The molecule has 2 nitrogen and oxygen atoms in total. The van der Waals surface area contributed by atoms with Crippen molar-refractivity contribution in [2.45, 2.75) is 31.1 Å². The van der Waals surface area contributed by atoms with Crippen LogP contribution in [-0.2, 0) is 5.41 Å². The van der Waals surface area contributed by atoms with Gasteiger partial charge in [0, 0.05) is 38.3 Å². The molecule has 0 unspecified atom stereocenters. The highest BCUT2D eigenvalue weighted by Gasteiger charge is 2.46. The van der Waals surface area contributed by atoms with Gasteiger partial charge in [0.15, 0.2) is 0 Å². The SMILES string of the molecule is c1ccc(-n2c3ccccc3c3c(-c4cccc5c(-c6cccc7c6C6(CCCC6)c6ccccc6-7)c6cccc(-c7cccc8c7c7ccccc7n8-c7ccccc7)c6cc45)cccc32)cc1. The molecule has 0 radical (unpaired) electrons. The zero-order chi connectivity index (χ0) is 45.2. The minimum atomic E-state index is -0.0120. The average Bonchev–Trinajstić information content (AvgIpc) is 4.19. The largest absolute Gasteiger partial charge is 0.309 e. The van der Waals surface area contributed by atoms with E-state index in [9.17, 15) is 0 Å². The van der Waals surface area contributed by atoms with Crippen molar-refractivity contribution in [3.05, 3.63) is 242 Å². The number of nitrogens with zero attached hydrogens (tertiary/aromatic N) is 2. The summed E-state index contributed by atoms with van der Waals surface area (Å²) in [5.41, 5.74) is 20.7. The molecular formula is C67H46N2. The van der Waals surface area contributed by atoms with Gasteiger partial charge in [0.1, 0.15) is 0 Å². The summed E-state index contributed by atoms with van der Waals surface area (Å²) in [6.07, 6.45) is 4.84. The molecule has 69 heavy (non-hydrogen) atoms. The summed E-state index contributed by atoms with van der Waals surface area (Å²) in [6.45, 7) is 0. The van der Waals surface area contributed by atoms with Gasteiger partial charge in [0.05, 0.1) is 22.1 Å². The van der Waals surface area contributed by atoms with Crippen LogP contribution in [0.4, 0.5) is 0 Å². The Morgan fingerprint density at radius 2 is 0.696 bits per heavy atom. The molecule has 2 heterocycles. The smallest absolute Gasteiger partial charge is 0.0547 e. The second-order valence-corrected chi connectivity index (χ2v) is 19.4. The fourth-order valence-corrected chi connectivity index (χ4v) is 13.4. The van der Waals surface area contributed by atoms with E-state index in [1.54, 1.807) is 0 Å². The first-order valence-electron chi connectivity index (χ1n) is 24.6. The number of fused-ring (bicyclic) bond motifs is 13. The number of rotatable bonds is 5. The van der Waals surface area contributed by atoms with Gasteiger partial charge in [-0.3, -0.25) is 0 Å². The molecule has 15 rings (SSSR count). The minimum absolute atomic E-state index is 0.0120. The van der Waals surface area contributed by atoms with Gasteiger partial charge in [-0.25, -0.2) is 0 Å². The van der Waals surface area contributed by atoms with Crippen LogP contribution in [0.1, 0.15) is 36.8 Å². The normalized spacial score (nSPS) is 14.0. The Kier molecular flexibility index (Phi) is 8.27. The Morgan fingerprint density at radius 3 is 1.28 bits per heavy atom. The Balaban J connectivity index is 1.09. The highest BCUT2D eigenvalue weighted by Crippen LogP contribution is 2.60. The molecule has 0 saturated heterocycles. The fourth-order valence-electron chi connectivity index (χ4n) is 13.4. The predicted molar refractivity (Wildman–Crippen MR) is 291 cm³/mol. The van der Waals surface area contributed by atoms with E-state index in [1.807, 2.05) is 0 Å². The van der Waals surface area contributed by atoms with Crippen molar-refractivity contribution in [1.29, 1.82) is 0 Å². The lowest BCUT2D eigenvalue weighted by molar-refractivity contribution is 0.551. The zero-order valence-electron chi connectivity index (χ0n) is 38.2. The summed E-state index contributed by atoms with van der Waals surface area (Å²) < 4.78 is 4.88. The van der Waals surface area contributed by atoms with Crippen LogP contribution in [0.3, 0.4) is 0 Å². The molecule has 2 aliphatic carbocycles. The van der Waals surface area contributed by atoms with Crippen LogP contribution in [0, 0.1) is 0 Å². The highest BCUT2D eigenvalue weighted by molar-refractivity contribution is 6.25. The molecule has 324 valence electrons. The third-order valence-corrected chi connectivity index (χ3v) is 16.0. The van der Waals surface area contributed by atoms with E-state index in [-0.39, 0.29) is 5.41 Å². The molecule has 13 aromatic rings. The minimum Gasteiger partial charge on any atom is -0.309 e. The molecule has 11 aromatic carbocycles. The van der Waals surface area contributed by atoms with E-state index in [0.29, 0.717) is 0 Å². The van der Waals surface area contributed by atoms with E-state index >= 15 is 0 Å². The number of benzene rings is 11. The monoisotopic (exact) mass is 878 g/mol. The maximum Gasteiger partial charge on any atom is 0.0547 e. The Hall–Kier alpha value is -8.46. The standard InChI is InChI=1S/C67H46N2/c1-3-20-43(21-4-1)68-59-36-11-8-25-53(59)64-48(31-18-38-61(64)68)45-27-15-29-50-56(45)42-57-46(49-32-19-39-62-65(49)54-26-9-12-37-60(54)69(62)44-22-5-2-6-23-44)28-16-30-51(57)63(50)55-34-17-33-52-47-24-7-10-35-58(47)67(66(52)55)40-13-14-41-67/h1-12,15-39,42H,13-14,40-41H2. The summed E-state index contributed by atoms with van der Waals surface area (Å²) in [5.74, 6) is 0. The van der Waals surface area contributed by atoms with Crippen LogP contribution >= 0.6 is 0 Å². The second-order valence-electron chi connectivity index (χ2n) is 19.4. The van der Waals surface area contributed by atoms with Gasteiger partial charge < -0.3 is 9.13 Å². The van der Waals surface area contributed by atoms with Crippen LogP contribution in [0.25, 0.3) is 121 Å². The van der Waals surface area contributed by atoms with Gasteiger partial charge in [-0.1, -0.05) is 189 Å². The van der Waals surface area contributed by atoms with Crippen molar-refractivity contribution < 1.29 is 0 Å². The number of aromatic nitrogens is 2. The molecule has 0 aliphatic heterocycles. The predicted octanol–water partition coefficient (Wildman–Crippen LogP) is 18.0. The second kappa shape index (κ2) is 14.8. The van der Waals surface area contributed by atoms with Crippen molar-refractivity contribution in [3.8, 4) is 55.9 Å². The van der Waals surface area contributed by atoms with Crippen LogP contribution in [0.5, 0.6) is 0 Å². The summed E-state index contributed by atoms with van der Waals surface area (Å²) in [6, 6.07) is 86.6. The Morgan fingerprint density at radius 1 is 0.290 bits per heavy atom. The summed E-state index contributed by atoms with van der Waals surface area (Å²) >= 11 is 0. The maximum absolute atomic E-state index is 2.55. The highest BCUT2D eigenvalue weighted by atomic mass is 15.0. The van der Waals surface area contributed by atoms with Gasteiger partial charge in [-0.15, -0.1) is 0 Å². The Labute approximate surface area is 401 Å². The molecule has 2 aliphatic rings. The lowest BCUT2D eigenvalue weighted by Crippen LogP contribution is -2.21. The van der Waals surface area contributed by atoms with Gasteiger partial charge in [0.2, 0.25) is 0 Å². The van der Waals surface area contributed by atoms with Gasteiger partial charge in [-0.2, -0.15) is 0 Å². The fraction of sp³-hybridized carbons (Fsp3) is 0.0746. The molecule has 1 spiro atoms. The van der Waals surface area contributed by atoms with Crippen LogP contribution in [-0.4, -0.2) is 9.13 Å². The summed E-state index contributed by atoms with van der Waals surface area (Å²) in [5, 5.41) is 10.2. The van der Waals surface area contributed by atoms with Crippen molar-refractivity contribution >= 4 is 65.2 Å². The molecule has 0 amide bonds. The lowest BCUT2D eigenvalue weighted by atomic mass is 9.73. The molecule has 1 fully saturated rings. The van der Waals surface area contributed by atoms with Crippen molar-refractivity contribution in [3.63, 3.8) is 0 Å². The number of hydrogen-bond donors (Lipinski definition) is 0. The van der Waals surface area contributed by atoms with E-state index in [4.69, 9.17) is 0 Å². The number of para-hydroxylation sites is 4. The van der Waals surface area contributed by atoms with E-state index < -0.39 is 0 Å². The third kappa shape index (κ3) is 5.37. The van der Waals surface area contributed by atoms with Gasteiger partial charge in [-0.05, 0) is 145 Å². The first kappa shape index (κ1) is 38.6. The molecule has 1 saturated carbocycles. The first-order chi connectivity index (χ1) is 34.3. The van der Waals surface area contributed by atoms with Gasteiger partial charge >= 0.3 is 0 Å². The number of hydrogen-bond acceptors (Lipinski definition) is 0. The molecular weight excluding hydrogens is 833 g/mol. The molecule has 0 bridgehead atoms.